The molecule has 0 unspecified atom stereocenters. The number of amides is 2. The predicted molar refractivity (Wildman–Crippen MR) is 83.4 cm³/mol. The molecule has 0 aliphatic carbocycles. The molecular weight excluding hydrogens is 311 g/mol. The van der Waals surface area contributed by atoms with Crippen molar-refractivity contribution < 1.29 is 9.59 Å². The van der Waals surface area contributed by atoms with Crippen molar-refractivity contribution in [3.8, 4) is 0 Å². The Kier molecular flexibility index (Phi) is 5.20. The lowest BCUT2D eigenvalue weighted by molar-refractivity contribution is -0.136. The number of rotatable bonds is 3. The van der Waals surface area contributed by atoms with Crippen molar-refractivity contribution in [2.45, 2.75) is 6.54 Å². The number of carbonyl (C=O) groups excluding carboxylic acids is 2. The second-order valence-electron chi connectivity index (χ2n) is 4.21. The molecule has 0 saturated carbocycles. The molecule has 0 radical (unpaired) electrons. The lowest BCUT2D eigenvalue weighted by atomic mass is 10.2. The molecule has 0 saturated heterocycles. The fourth-order valence-corrected chi connectivity index (χ4v) is 2.02. The van der Waals surface area contributed by atoms with E-state index >= 15 is 0 Å². The van der Waals surface area contributed by atoms with E-state index in [1.807, 2.05) is 0 Å². The van der Waals surface area contributed by atoms with Gasteiger partial charge in [0.15, 0.2) is 0 Å². The SMILES string of the molecule is O=C(NCc1ccccc1Cl)C(=O)Nc1ccccc1Cl. The molecule has 0 bridgehead atoms. The van der Waals surface area contributed by atoms with Gasteiger partial charge in [-0.2, -0.15) is 0 Å². The van der Waals surface area contributed by atoms with Crippen molar-refractivity contribution >= 4 is 40.7 Å². The highest BCUT2D eigenvalue weighted by Crippen LogP contribution is 2.20. The molecule has 0 aromatic heterocycles. The highest BCUT2D eigenvalue weighted by Gasteiger charge is 2.14. The summed E-state index contributed by atoms with van der Waals surface area (Å²) in [4.78, 5) is 23.5. The first-order valence-corrected chi connectivity index (χ1v) is 6.90. The van der Waals surface area contributed by atoms with E-state index in [4.69, 9.17) is 23.2 Å². The summed E-state index contributed by atoms with van der Waals surface area (Å²) in [5.41, 5.74) is 1.12. The van der Waals surface area contributed by atoms with Gasteiger partial charge in [-0.15, -0.1) is 0 Å². The Morgan fingerprint density at radius 2 is 1.48 bits per heavy atom. The third kappa shape index (κ3) is 4.21. The zero-order valence-corrected chi connectivity index (χ0v) is 12.4. The molecule has 0 spiro atoms. The molecule has 2 aromatic rings. The summed E-state index contributed by atoms with van der Waals surface area (Å²) in [6, 6.07) is 13.8. The second kappa shape index (κ2) is 7.11. The third-order valence-corrected chi connectivity index (χ3v) is 3.42. The van der Waals surface area contributed by atoms with E-state index < -0.39 is 11.8 Å². The van der Waals surface area contributed by atoms with Crippen LogP contribution in [0, 0.1) is 0 Å². The number of carbonyl (C=O) groups is 2. The molecule has 0 atom stereocenters. The average Bonchev–Trinajstić information content (AvgIpc) is 2.48. The molecule has 2 rings (SSSR count). The number of benzene rings is 2. The summed E-state index contributed by atoms with van der Waals surface area (Å²) >= 11 is 11.9. The zero-order valence-electron chi connectivity index (χ0n) is 10.9. The molecule has 108 valence electrons. The van der Waals surface area contributed by atoms with Crippen LogP contribution in [0.3, 0.4) is 0 Å². The van der Waals surface area contributed by atoms with Crippen molar-refractivity contribution in [2.75, 3.05) is 5.32 Å². The standard InChI is InChI=1S/C15H12Cl2N2O2/c16-11-6-2-1-5-10(11)9-18-14(20)15(21)19-13-8-4-3-7-12(13)17/h1-8H,9H2,(H,18,20)(H,19,21). The minimum absolute atomic E-state index is 0.175. The van der Waals surface area contributed by atoms with Crippen LogP contribution in [0.25, 0.3) is 0 Å². The van der Waals surface area contributed by atoms with Gasteiger partial charge in [-0.25, -0.2) is 0 Å². The smallest absolute Gasteiger partial charge is 0.313 e. The number of hydrogen-bond acceptors (Lipinski definition) is 2. The van der Waals surface area contributed by atoms with Gasteiger partial charge in [0, 0.05) is 11.6 Å². The Morgan fingerprint density at radius 1 is 0.857 bits per heavy atom. The third-order valence-electron chi connectivity index (χ3n) is 2.73. The predicted octanol–water partition coefficient (Wildman–Crippen LogP) is 3.25. The maximum atomic E-state index is 11.8. The number of hydrogen-bond donors (Lipinski definition) is 2. The van der Waals surface area contributed by atoms with E-state index in [0.29, 0.717) is 15.7 Å². The molecule has 0 aliphatic rings. The summed E-state index contributed by atoms with van der Waals surface area (Å²) in [6.07, 6.45) is 0. The number of anilines is 1. The van der Waals surface area contributed by atoms with E-state index in [2.05, 4.69) is 10.6 Å². The van der Waals surface area contributed by atoms with E-state index in [-0.39, 0.29) is 6.54 Å². The first-order chi connectivity index (χ1) is 10.1. The van der Waals surface area contributed by atoms with Gasteiger partial charge in [0.2, 0.25) is 0 Å². The lowest BCUT2D eigenvalue weighted by Crippen LogP contribution is -2.35. The van der Waals surface area contributed by atoms with Crippen molar-refractivity contribution in [1.82, 2.24) is 5.32 Å². The van der Waals surface area contributed by atoms with Gasteiger partial charge in [0.25, 0.3) is 0 Å². The van der Waals surface area contributed by atoms with Crippen LogP contribution in [0.4, 0.5) is 5.69 Å². The normalized spacial score (nSPS) is 10.0. The molecule has 4 nitrogen and oxygen atoms in total. The number of para-hydroxylation sites is 1. The molecule has 2 aromatic carbocycles. The first kappa shape index (κ1) is 15.4. The van der Waals surface area contributed by atoms with Crippen LogP contribution in [0.2, 0.25) is 10.0 Å². The first-order valence-electron chi connectivity index (χ1n) is 6.15. The molecule has 2 N–H and O–H groups in total. The monoisotopic (exact) mass is 322 g/mol. The van der Waals surface area contributed by atoms with Crippen molar-refractivity contribution in [2.24, 2.45) is 0 Å². The fraction of sp³-hybridized carbons (Fsp3) is 0.0667. The van der Waals surface area contributed by atoms with Gasteiger partial charge in [0.1, 0.15) is 0 Å². The van der Waals surface area contributed by atoms with Crippen LogP contribution in [-0.2, 0) is 16.1 Å². The molecule has 21 heavy (non-hydrogen) atoms. The van der Waals surface area contributed by atoms with Gasteiger partial charge in [-0.05, 0) is 23.8 Å². The molecule has 0 fully saturated rings. The Balaban J connectivity index is 1.93. The topological polar surface area (TPSA) is 58.2 Å². The van der Waals surface area contributed by atoms with E-state index in [1.54, 1.807) is 48.5 Å². The van der Waals surface area contributed by atoms with Crippen molar-refractivity contribution in [3.05, 3.63) is 64.1 Å². The van der Waals surface area contributed by atoms with Crippen LogP contribution in [-0.4, -0.2) is 11.8 Å². The second-order valence-corrected chi connectivity index (χ2v) is 5.02. The minimum atomic E-state index is -0.782. The maximum absolute atomic E-state index is 11.8. The molecular formula is C15H12Cl2N2O2. The minimum Gasteiger partial charge on any atom is -0.344 e. The number of halogens is 2. The van der Waals surface area contributed by atoms with Crippen LogP contribution >= 0.6 is 23.2 Å². The quantitative estimate of drug-likeness (QED) is 0.852. The summed E-state index contributed by atoms with van der Waals surface area (Å²) in [5.74, 6) is -1.54. The zero-order chi connectivity index (χ0) is 15.2. The molecule has 2 amide bonds. The molecule has 6 heteroatoms. The Bertz CT molecular complexity index is 674. The summed E-state index contributed by atoms with van der Waals surface area (Å²) < 4.78 is 0. The molecule has 0 aliphatic heterocycles. The summed E-state index contributed by atoms with van der Waals surface area (Å²) in [5, 5.41) is 5.84. The van der Waals surface area contributed by atoms with Crippen molar-refractivity contribution in [1.29, 1.82) is 0 Å². The van der Waals surface area contributed by atoms with E-state index in [0.717, 1.165) is 5.56 Å². The fourth-order valence-electron chi connectivity index (χ4n) is 1.64. The summed E-state index contributed by atoms with van der Waals surface area (Å²) in [7, 11) is 0. The Labute approximate surface area is 132 Å². The Morgan fingerprint density at radius 3 is 2.14 bits per heavy atom. The van der Waals surface area contributed by atoms with Gasteiger partial charge in [-0.1, -0.05) is 53.5 Å². The Hall–Kier alpha value is -2.04. The maximum Gasteiger partial charge on any atom is 0.313 e. The van der Waals surface area contributed by atoms with Gasteiger partial charge in [-0.3, -0.25) is 9.59 Å². The summed E-state index contributed by atoms with van der Waals surface area (Å²) in [6.45, 7) is 0.175. The van der Waals surface area contributed by atoms with Crippen LogP contribution in [0.5, 0.6) is 0 Å². The van der Waals surface area contributed by atoms with E-state index in [1.165, 1.54) is 0 Å². The van der Waals surface area contributed by atoms with Crippen LogP contribution in [0.1, 0.15) is 5.56 Å². The number of nitrogens with one attached hydrogen (secondary N) is 2. The largest absolute Gasteiger partial charge is 0.344 e. The highest BCUT2D eigenvalue weighted by atomic mass is 35.5. The lowest BCUT2D eigenvalue weighted by Gasteiger charge is -2.08. The average molecular weight is 323 g/mol. The van der Waals surface area contributed by atoms with Gasteiger partial charge < -0.3 is 10.6 Å². The van der Waals surface area contributed by atoms with Crippen LogP contribution < -0.4 is 10.6 Å². The molecule has 0 heterocycles. The van der Waals surface area contributed by atoms with Crippen LogP contribution in [0.15, 0.2) is 48.5 Å². The highest BCUT2D eigenvalue weighted by molar-refractivity contribution is 6.41. The van der Waals surface area contributed by atoms with Gasteiger partial charge in [0.05, 0.1) is 10.7 Å². The van der Waals surface area contributed by atoms with E-state index in [9.17, 15) is 9.59 Å². The van der Waals surface area contributed by atoms with Crippen molar-refractivity contribution in [3.63, 3.8) is 0 Å². The van der Waals surface area contributed by atoms with Gasteiger partial charge >= 0.3 is 11.8 Å².